The number of carbonyl (C=O) groups excluding carboxylic acids is 3. The SMILES string of the molecule is CCCCN(C)C(=O)CN1C[C@H]2CN(C)C(=O)[C@H](C)N2C1=O. The van der Waals surface area contributed by atoms with Gasteiger partial charge in [-0.2, -0.15) is 0 Å². The summed E-state index contributed by atoms with van der Waals surface area (Å²) < 4.78 is 0. The summed E-state index contributed by atoms with van der Waals surface area (Å²) in [7, 11) is 3.53. The van der Waals surface area contributed by atoms with Crippen molar-refractivity contribution in [1.82, 2.24) is 19.6 Å². The fourth-order valence-corrected chi connectivity index (χ4v) is 3.15. The lowest BCUT2D eigenvalue weighted by atomic mass is 10.1. The quantitative estimate of drug-likeness (QED) is 0.729. The Balaban J connectivity index is 1.99. The molecular weight excluding hydrogens is 284 g/mol. The first-order valence-corrected chi connectivity index (χ1v) is 7.93. The van der Waals surface area contributed by atoms with Crippen LogP contribution < -0.4 is 0 Å². The number of rotatable bonds is 5. The number of piperazine rings is 1. The van der Waals surface area contributed by atoms with Gasteiger partial charge in [-0.05, 0) is 13.3 Å². The van der Waals surface area contributed by atoms with E-state index in [1.165, 1.54) is 0 Å². The Kier molecular flexibility index (Phi) is 4.93. The molecule has 0 unspecified atom stereocenters. The second-order valence-corrected chi connectivity index (χ2v) is 6.29. The first-order valence-electron chi connectivity index (χ1n) is 7.93. The Bertz CT molecular complexity index is 468. The van der Waals surface area contributed by atoms with E-state index in [1.807, 2.05) is 0 Å². The average Bonchev–Trinajstić information content (AvgIpc) is 2.78. The molecule has 2 heterocycles. The molecule has 7 nitrogen and oxygen atoms in total. The van der Waals surface area contributed by atoms with Gasteiger partial charge in [-0.3, -0.25) is 9.59 Å². The van der Waals surface area contributed by atoms with Crippen molar-refractivity contribution in [2.75, 3.05) is 40.3 Å². The molecule has 0 N–H and O–H groups in total. The van der Waals surface area contributed by atoms with Crippen molar-refractivity contribution in [3.8, 4) is 0 Å². The molecule has 0 aromatic rings. The summed E-state index contributed by atoms with van der Waals surface area (Å²) in [5, 5.41) is 0. The van der Waals surface area contributed by atoms with Crippen LogP contribution in [0.1, 0.15) is 26.7 Å². The van der Waals surface area contributed by atoms with Crippen molar-refractivity contribution in [2.24, 2.45) is 0 Å². The molecule has 0 bridgehead atoms. The van der Waals surface area contributed by atoms with E-state index in [4.69, 9.17) is 0 Å². The topological polar surface area (TPSA) is 64.2 Å². The number of amides is 4. The van der Waals surface area contributed by atoms with Crippen molar-refractivity contribution >= 4 is 17.8 Å². The van der Waals surface area contributed by atoms with Gasteiger partial charge >= 0.3 is 6.03 Å². The fourth-order valence-electron chi connectivity index (χ4n) is 3.15. The molecule has 22 heavy (non-hydrogen) atoms. The highest BCUT2D eigenvalue weighted by molar-refractivity contribution is 5.91. The monoisotopic (exact) mass is 310 g/mol. The van der Waals surface area contributed by atoms with Gasteiger partial charge in [0.25, 0.3) is 0 Å². The van der Waals surface area contributed by atoms with Gasteiger partial charge in [-0.1, -0.05) is 13.3 Å². The zero-order valence-electron chi connectivity index (χ0n) is 13.9. The highest BCUT2D eigenvalue weighted by Gasteiger charge is 2.47. The van der Waals surface area contributed by atoms with Crippen LogP contribution in [0.5, 0.6) is 0 Å². The fraction of sp³-hybridized carbons (Fsp3) is 0.800. The summed E-state index contributed by atoms with van der Waals surface area (Å²) in [4.78, 5) is 43.2. The van der Waals surface area contributed by atoms with Gasteiger partial charge in [0.2, 0.25) is 11.8 Å². The van der Waals surface area contributed by atoms with Crippen LogP contribution in [0.2, 0.25) is 0 Å². The molecule has 2 fully saturated rings. The second kappa shape index (κ2) is 6.54. The zero-order chi connectivity index (χ0) is 16.4. The van der Waals surface area contributed by atoms with Crippen LogP contribution in [-0.2, 0) is 9.59 Å². The summed E-state index contributed by atoms with van der Waals surface area (Å²) in [6.07, 6.45) is 1.99. The maximum atomic E-state index is 12.5. The van der Waals surface area contributed by atoms with Gasteiger partial charge in [0.05, 0.1) is 6.04 Å². The standard InChI is InChI=1S/C15H26N4O3/c1-5-6-7-16(3)13(20)10-18-9-12-8-17(4)14(21)11(2)19(12)15(18)22/h11-12H,5-10H2,1-4H3/t11-,12+/m0/s1. The minimum Gasteiger partial charge on any atom is -0.344 e. The largest absolute Gasteiger partial charge is 0.344 e. The number of fused-ring (bicyclic) bond motifs is 1. The van der Waals surface area contributed by atoms with Gasteiger partial charge in [0.15, 0.2) is 0 Å². The predicted molar refractivity (Wildman–Crippen MR) is 82.2 cm³/mol. The van der Waals surface area contributed by atoms with Gasteiger partial charge in [-0.25, -0.2) is 4.79 Å². The highest BCUT2D eigenvalue weighted by Crippen LogP contribution is 2.24. The van der Waals surface area contributed by atoms with Crippen LogP contribution in [-0.4, -0.2) is 89.8 Å². The number of unbranched alkanes of at least 4 members (excludes halogenated alkanes) is 1. The smallest absolute Gasteiger partial charge is 0.321 e. The normalized spacial score (nSPS) is 24.8. The molecule has 0 saturated carbocycles. The summed E-state index contributed by atoms with van der Waals surface area (Å²) in [6, 6.07) is -0.663. The van der Waals surface area contributed by atoms with Crippen LogP contribution in [0.15, 0.2) is 0 Å². The third-order valence-electron chi connectivity index (χ3n) is 4.55. The van der Waals surface area contributed by atoms with E-state index in [-0.39, 0.29) is 30.4 Å². The maximum absolute atomic E-state index is 12.5. The summed E-state index contributed by atoms with van der Waals surface area (Å²) >= 11 is 0. The molecule has 0 aliphatic carbocycles. The Hall–Kier alpha value is -1.79. The number of carbonyl (C=O) groups is 3. The molecule has 2 rings (SSSR count). The molecule has 2 atom stereocenters. The molecule has 2 aliphatic rings. The van der Waals surface area contributed by atoms with Crippen LogP contribution in [0.4, 0.5) is 4.79 Å². The van der Waals surface area contributed by atoms with Crippen molar-refractivity contribution < 1.29 is 14.4 Å². The molecule has 7 heteroatoms. The molecule has 0 aromatic heterocycles. The Morgan fingerprint density at radius 1 is 1.32 bits per heavy atom. The van der Waals surface area contributed by atoms with Gasteiger partial charge < -0.3 is 19.6 Å². The molecule has 0 radical (unpaired) electrons. The van der Waals surface area contributed by atoms with Crippen LogP contribution in [0, 0.1) is 0 Å². The minimum atomic E-state index is -0.450. The van der Waals surface area contributed by atoms with Crippen LogP contribution in [0.25, 0.3) is 0 Å². The van der Waals surface area contributed by atoms with Crippen molar-refractivity contribution in [3.63, 3.8) is 0 Å². The lowest BCUT2D eigenvalue weighted by Crippen LogP contribution is -2.58. The van der Waals surface area contributed by atoms with Gasteiger partial charge in [-0.15, -0.1) is 0 Å². The lowest BCUT2D eigenvalue weighted by Gasteiger charge is -2.38. The lowest BCUT2D eigenvalue weighted by molar-refractivity contribution is -0.139. The average molecular weight is 310 g/mol. The van der Waals surface area contributed by atoms with E-state index in [1.54, 1.807) is 40.6 Å². The molecule has 124 valence electrons. The first kappa shape index (κ1) is 16.6. The molecule has 4 amide bonds. The summed E-state index contributed by atoms with van der Waals surface area (Å²) in [5.41, 5.74) is 0. The van der Waals surface area contributed by atoms with Gasteiger partial charge in [0.1, 0.15) is 12.6 Å². The summed E-state index contributed by atoms with van der Waals surface area (Å²) in [5.74, 6) is -0.0909. The second-order valence-electron chi connectivity index (χ2n) is 6.29. The molecule has 0 spiro atoms. The van der Waals surface area contributed by atoms with E-state index in [2.05, 4.69) is 6.92 Å². The van der Waals surface area contributed by atoms with Crippen molar-refractivity contribution in [2.45, 2.75) is 38.8 Å². The van der Waals surface area contributed by atoms with E-state index in [0.29, 0.717) is 19.6 Å². The predicted octanol–water partition coefficient (Wildman–Crippen LogP) is 0.212. The zero-order valence-corrected chi connectivity index (χ0v) is 13.9. The Labute approximate surface area is 131 Å². The van der Waals surface area contributed by atoms with Crippen molar-refractivity contribution in [1.29, 1.82) is 0 Å². The third-order valence-corrected chi connectivity index (χ3v) is 4.55. The third kappa shape index (κ3) is 3.03. The van der Waals surface area contributed by atoms with E-state index in [9.17, 15) is 14.4 Å². The van der Waals surface area contributed by atoms with Crippen LogP contribution in [0.3, 0.4) is 0 Å². The number of nitrogens with zero attached hydrogens (tertiary/aromatic N) is 4. The highest BCUT2D eigenvalue weighted by atomic mass is 16.2. The van der Waals surface area contributed by atoms with Gasteiger partial charge in [0, 0.05) is 33.7 Å². The number of likely N-dealkylation sites (N-methyl/N-ethyl adjacent to an activating group) is 2. The van der Waals surface area contributed by atoms with Crippen LogP contribution >= 0.6 is 0 Å². The summed E-state index contributed by atoms with van der Waals surface area (Å²) in [6.45, 7) is 5.68. The number of urea groups is 1. The number of hydrogen-bond donors (Lipinski definition) is 0. The minimum absolute atomic E-state index is 0.0149. The first-order chi connectivity index (χ1) is 10.4. The van der Waals surface area contributed by atoms with E-state index >= 15 is 0 Å². The molecule has 2 aliphatic heterocycles. The maximum Gasteiger partial charge on any atom is 0.321 e. The Morgan fingerprint density at radius 2 is 2.00 bits per heavy atom. The molecular formula is C15H26N4O3. The van der Waals surface area contributed by atoms with Crippen molar-refractivity contribution in [3.05, 3.63) is 0 Å². The van der Waals surface area contributed by atoms with E-state index < -0.39 is 6.04 Å². The Morgan fingerprint density at radius 3 is 2.64 bits per heavy atom. The molecule has 0 aromatic carbocycles. The number of hydrogen-bond acceptors (Lipinski definition) is 3. The van der Waals surface area contributed by atoms with E-state index in [0.717, 1.165) is 12.8 Å². The molecule has 2 saturated heterocycles.